The molecule has 0 radical (unpaired) electrons. The summed E-state index contributed by atoms with van der Waals surface area (Å²) in [6.45, 7) is 8.21. The summed E-state index contributed by atoms with van der Waals surface area (Å²) in [5.74, 6) is 3.68. The maximum Gasteiger partial charge on any atom is 0.216 e. The molecule has 2 heterocycles. The second-order valence-electron chi connectivity index (χ2n) is 5.70. The quantitative estimate of drug-likeness (QED) is 0.320. The van der Waals surface area contributed by atoms with Crippen LogP contribution >= 0.6 is 35.7 Å². The van der Waals surface area contributed by atoms with Crippen molar-refractivity contribution in [3.8, 4) is 0 Å². The Hall–Kier alpha value is -0.530. The van der Waals surface area contributed by atoms with Crippen LogP contribution in [0.2, 0.25) is 0 Å². The van der Waals surface area contributed by atoms with Crippen LogP contribution in [0.1, 0.15) is 24.3 Å². The Kier molecular flexibility index (Phi) is 10.3. The van der Waals surface area contributed by atoms with Crippen LogP contribution in [0, 0.1) is 13.8 Å². The van der Waals surface area contributed by atoms with E-state index in [1.54, 1.807) is 16.1 Å². The number of oxazole rings is 1. The third-order valence-electron chi connectivity index (χ3n) is 3.81. The smallest absolute Gasteiger partial charge is 0.216 e. The monoisotopic (exact) mass is 517 g/mol. The Balaban J connectivity index is 0.00000338. The molecule has 0 bridgehead atoms. The van der Waals surface area contributed by atoms with Crippen molar-refractivity contribution in [1.82, 2.24) is 19.9 Å². The van der Waals surface area contributed by atoms with Gasteiger partial charge in [0.05, 0.1) is 11.4 Å². The summed E-state index contributed by atoms with van der Waals surface area (Å²) >= 11 is 1.79. The van der Waals surface area contributed by atoms with Crippen LogP contribution in [-0.2, 0) is 16.6 Å². The number of aryl methyl sites for hydroxylation is 2. The van der Waals surface area contributed by atoms with Crippen LogP contribution < -0.4 is 10.6 Å². The highest BCUT2D eigenvalue weighted by Gasteiger charge is 2.23. The van der Waals surface area contributed by atoms with Crippen LogP contribution in [0.15, 0.2) is 9.41 Å². The van der Waals surface area contributed by atoms with Gasteiger partial charge in [-0.2, -0.15) is 11.8 Å². The highest BCUT2D eigenvalue weighted by molar-refractivity contribution is 14.0. The zero-order valence-electron chi connectivity index (χ0n) is 15.4. The van der Waals surface area contributed by atoms with E-state index in [1.807, 2.05) is 20.8 Å². The number of halogens is 1. The Morgan fingerprint density at radius 1 is 1.31 bits per heavy atom. The largest absolute Gasteiger partial charge is 0.444 e. The molecule has 1 aliphatic rings. The molecule has 0 amide bonds. The molecule has 2 rings (SSSR count). The van der Waals surface area contributed by atoms with Gasteiger partial charge in [0.15, 0.2) is 5.96 Å². The van der Waals surface area contributed by atoms with Crippen molar-refractivity contribution in [3.63, 3.8) is 0 Å². The number of nitrogens with one attached hydrogen (secondary N) is 2. The van der Waals surface area contributed by atoms with E-state index in [1.165, 1.54) is 0 Å². The van der Waals surface area contributed by atoms with Crippen molar-refractivity contribution in [2.45, 2.75) is 27.3 Å². The maximum absolute atomic E-state index is 12.3. The zero-order valence-corrected chi connectivity index (χ0v) is 19.4. The number of guanidine groups is 1. The lowest BCUT2D eigenvalue weighted by Gasteiger charge is -2.25. The van der Waals surface area contributed by atoms with Crippen molar-refractivity contribution < 1.29 is 12.8 Å². The van der Waals surface area contributed by atoms with E-state index in [0.29, 0.717) is 44.6 Å². The lowest BCUT2D eigenvalue weighted by atomic mass is 10.4. The van der Waals surface area contributed by atoms with E-state index in [4.69, 9.17) is 4.42 Å². The van der Waals surface area contributed by atoms with Gasteiger partial charge in [0.2, 0.25) is 15.9 Å². The molecule has 0 atom stereocenters. The first-order chi connectivity index (χ1) is 11.9. The van der Waals surface area contributed by atoms with E-state index < -0.39 is 10.0 Å². The number of aliphatic imine (C=N–C) groups is 1. The zero-order chi connectivity index (χ0) is 18.3. The molecule has 0 spiro atoms. The maximum atomic E-state index is 12.3. The van der Waals surface area contributed by atoms with Gasteiger partial charge in [-0.25, -0.2) is 22.7 Å². The number of hydrogen-bond acceptors (Lipinski definition) is 6. The van der Waals surface area contributed by atoms with E-state index in [-0.39, 0.29) is 29.7 Å². The molecule has 1 aliphatic heterocycles. The normalized spacial score (nSPS) is 16.2. The molecule has 0 unspecified atom stereocenters. The molecule has 1 saturated heterocycles. The predicted octanol–water partition coefficient (Wildman–Crippen LogP) is 1.34. The van der Waals surface area contributed by atoms with Gasteiger partial charge in [0, 0.05) is 37.7 Å². The second kappa shape index (κ2) is 11.3. The first-order valence-electron chi connectivity index (χ1n) is 8.43. The van der Waals surface area contributed by atoms with Crippen LogP contribution in [0.3, 0.4) is 0 Å². The molecule has 1 fully saturated rings. The van der Waals surface area contributed by atoms with Gasteiger partial charge in [-0.05, 0) is 20.8 Å². The number of aromatic nitrogens is 1. The Morgan fingerprint density at radius 2 is 2.00 bits per heavy atom. The molecule has 1 aromatic rings. The summed E-state index contributed by atoms with van der Waals surface area (Å²) in [5, 5.41) is 6.16. The van der Waals surface area contributed by atoms with Crippen molar-refractivity contribution in [2.75, 3.05) is 43.4 Å². The fourth-order valence-corrected chi connectivity index (χ4v) is 4.84. The van der Waals surface area contributed by atoms with Gasteiger partial charge >= 0.3 is 0 Å². The van der Waals surface area contributed by atoms with E-state index >= 15 is 0 Å². The summed E-state index contributed by atoms with van der Waals surface area (Å²) in [6.07, 6.45) is 0. The number of thioether (sulfide) groups is 1. The SMILES string of the molecule is CCNC(=NCc1nc(C)c(C)o1)NCCS(=O)(=O)N1CCSCC1.I. The minimum atomic E-state index is -3.22. The van der Waals surface area contributed by atoms with Gasteiger partial charge in [0.1, 0.15) is 12.3 Å². The molecular weight excluding hydrogens is 489 g/mol. The predicted molar refractivity (Wildman–Crippen MR) is 117 cm³/mol. The van der Waals surface area contributed by atoms with Crippen LogP contribution in [-0.4, -0.2) is 67.1 Å². The third-order valence-corrected chi connectivity index (χ3v) is 6.62. The van der Waals surface area contributed by atoms with E-state index in [0.717, 1.165) is 23.0 Å². The molecular formula is C15H28IN5O3S2. The average Bonchev–Trinajstić information content (AvgIpc) is 2.91. The highest BCUT2D eigenvalue weighted by atomic mass is 127. The average molecular weight is 517 g/mol. The lowest BCUT2D eigenvalue weighted by molar-refractivity contribution is 0.443. The fraction of sp³-hybridized carbons (Fsp3) is 0.733. The summed E-state index contributed by atoms with van der Waals surface area (Å²) in [6, 6.07) is 0. The lowest BCUT2D eigenvalue weighted by Crippen LogP contribution is -2.44. The Bertz CT molecular complexity index is 668. The number of hydrogen-bond donors (Lipinski definition) is 2. The number of sulfonamides is 1. The van der Waals surface area contributed by atoms with Gasteiger partial charge in [-0.15, -0.1) is 24.0 Å². The topological polar surface area (TPSA) is 99.8 Å². The molecule has 0 aromatic carbocycles. The first kappa shape index (κ1) is 23.5. The fourth-order valence-electron chi connectivity index (χ4n) is 2.35. The molecule has 2 N–H and O–H groups in total. The summed E-state index contributed by atoms with van der Waals surface area (Å²) in [4.78, 5) is 8.69. The second-order valence-corrected chi connectivity index (χ2v) is 9.01. The van der Waals surface area contributed by atoms with E-state index in [9.17, 15) is 8.42 Å². The number of nitrogens with zero attached hydrogens (tertiary/aromatic N) is 3. The molecule has 0 saturated carbocycles. The van der Waals surface area contributed by atoms with Crippen molar-refractivity contribution in [3.05, 3.63) is 17.3 Å². The first-order valence-corrected chi connectivity index (χ1v) is 11.2. The van der Waals surface area contributed by atoms with Crippen LogP contribution in [0.4, 0.5) is 0 Å². The van der Waals surface area contributed by atoms with Crippen molar-refractivity contribution in [2.24, 2.45) is 4.99 Å². The summed E-state index contributed by atoms with van der Waals surface area (Å²) < 4.78 is 31.8. The van der Waals surface area contributed by atoms with Crippen molar-refractivity contribution in [1.29, 1.82) is 0 Å². The molecule has 0 aliphatic carbocycles. The summed E-state index contributed by atoms with van der Waals surface area (Å²) in [5.41, 5.74) is 0.856. The minimum absolute atomic E-state index is 0. The third kappa shape index (κ3) is 7.24. The molecule has 1 aromatic heterocycles. The Labute approximate surface area is 177 Å². The van der Waals surface area contributed by atoms with Crippen molar-refractivity contribution >= 4 is 51.7 Å². The molecule has 150 valence electrons. The highest BCUT2D eigenvalue weighted by Crippen LogP contribution is 2.13. The molecule has 8 nitrogen and oxygen atoms in total. The van der Waals surface area contributed by atoms with Crippen LogP contribution in [0.25, 0.3) is 0 Å². The van der Waals surface area contributed by atoms with Gasteiger partial charge in [-0.1, -0.05) is 0 Å². The van der Waals surface area contributed by atoms with Gasteiger partial charge in [0.25, 0.3) is 0 Å². The summed E-state index contributed by atoms with van der Waals surface area (Å²) in [7, 11) is -3.22. The van der Waals surface area contributed by atoms with Crippen LogP contribution in [0.5, 0.6) is 0 Å². The standard InChI is InChI=1S/C15H27N5O3S2.HI/c1-4-16-15(18-11-14-19-12(2)13(3)23-14)17-5-10-25(21,22)20-6-8-24-9-7-20;/h4-11H2,1-3H3,(H2,16,17,18);1H. The van der Waals surface area contributed by atoms with E-state index in [2.05, 4.69) is 20.6 Å². The molecule has 11 heteroatoms. The minimum Gasteiger partial charge on any atom is -0.444 e. The van der Waals surface area contributed by atoms with Gasteiger partial charge in [-0.3, -0.25) is 0 Å². The molecule has 26 heavy (non-hydrogen) atoms. The number of rotatable bonds is 7. The van der Waals surface area contributed by atoms with Gasteiger partial charge < -0.3 is 15.1 Å². The Morgan fingerprint density at radius 3 is 2.58 bits per heavy atom.